The first-order valence-electron chi connectivity index (χ1n) is 4.69. The van der Waals surface area contributed by atoms with Gasteiger partial charge in [-0.05, 0) is 50.1 Å². The highest BCUT2D eigenvalue weighted by atomic mass is 79.9. The van der Waals surface area contributed by atoms with Crippen LogP contribution in [0.4, 0.5) is 14.5 Å². The van der Waals surface area contributed by atoms with Crippen molar-refractivity contribution < 1.29 is 13.2 Å². The van der Waals surface area contributed by atoms with E-state index in [1.54, 1.807) is 12.1 Å². The number of rotatable bonds is 3. The minimum atomic E-state index is -0.642. The number of hydrogen-bond donors (Lipinski definition) is 1. The lowest BCUT2D eigenvalue weighted by Gasteiger charge is -2.07. The summed E-state index contributed by atoms with van der Waals surface area (Å²) >= 11 is 6.17. The molecule has 0 fully saturated rings. The van der Waals surface area contributed by atoms with Crippen molar-refractivity contribution in [2.75, 3.05) is 5.32 Å². The summed E-state index contributed by atoms with van der Waals surface area (Å²) in [5.41, 5.74) is 0.214. The predicted molar refractivity (Wildman–Crippen MR) is 67.8 cm³/mol. The van der Waals surface area contributed by atoms with Crippen molar-refractivity contribution in [3.63, 3.8) is 0 Å². The van der Waals surface area contributed by atoms with Crippen LogP contribution in [0.2, 0.25) is 0 Å². The predicted octanol–water partition coefficient (Wildman–Crippen LogP) is 4.69. The summed E-state index contributed by atoms with van der Waals surface area (Å²) in [4.78, 5) is 0. The van der Waals surface area contributed by atoms with Crippen molar-refractivity contribution in [3.8, 4) is 0 Å². The third-order valence-electron chi connectivity index (χ3n) is 2.09. The second kappa shape index (κ2) is 5.18. The van der Waals surface area contributed by atoms with Crippen LogP contribution < -0.4 is 5.32 Å². The lowest BCUT2D eigenvalue weighted by molar-refractivity contribution is 0.495. The number of furan rings is 1. The molecule has 0 aliphatic heterocycles. The number of nitrogens with one attached hydrogen (secondary N) is 1. The molecule has 1 N–H and O–H groups in total. The molecule has 6 heteroatoms. The third kappa shape index (κ3) is 3.07. The lowest BCUT2D eigenvalue weighted by Crippen LogP contribution is -2.01. The van der Waals surface area contributed by atoms with Gasteiger partial charge in [-0.1, -0.05) is 0 Å². The molecule has 0 spiro atoms. The number of anilines is 1. The van der Waals surface area contributed by atoms with E-state index in [-0.39, 0.29) is 10.2 Å². The Bertz CT molecular complexity index is 542. The summed E-state index contributed by atoms with van der Waals surface area (Å²) in [6.45, 7) is 0.320. The Labute approximate surface area is 113 Å². The van der Waals surface area contributed by atoms with Gasteiger partial charge in [-0.2, -0.15) is 0 Å². The number of hydrogen-bond acceptors (Lipinski definition) is 2. The van der Waals surface area contributed by atoms with Crippen LogP contribution in [0.3, 0.4) is 0 Å². The van der Waals surface area contributed by atoms with Gasteiger partial charge in [0.05, 0.1) is 16.7 Å². The fraction of sp³-hybridized carbons (Fsp3) is 0.0909. The SMILES string of the molecule is Fc1cc(F)c(NCc2ccc(Br)o2)cc1Br. The molecule has 2 nitrogen and oxygen atoms in total. The summed E-state index contributed by atoms with van der Waals surface area (Å²) in [5, 5.41) is 2.82. The van der Waals surface area contributed by atoms with Gasteiger partial charge in [0, 0.05) is 6.07 Å². The Morgan fingerprint density at radius 2 is 1.88 bits per heavy atom. The molecule has 0 amide bonds. The first kappa shape index (κ1) is 12.6. The highest BCUT2D eigenvalue weighted by molar-refractivity contribution is 9.10. The van der Waals surface area contributed by atoms with E-state index >= 15 is 0 Å². The average Bonchev–Trinajstić information content (AvgIpc) is 2.68. The molecule has 0 aliphatic carbocycles. The Morgan fingerprint density at radius 3 is 2.53 bits per heavy atom. The molecular weight excluding hydrogens is 360 g/mol. The smallest absolute Gasteiger partial charge is 0.169 e. The fourth-order valence-corrected chi connectivity index (χ4v) is 1.97. The van der Waals surface area contributed by atoms with E-state index < -0.39 is 11.6 Å². The Hall–Kier alpha value is -0.880. The van der Waals surface area contributed by atoms with Gasteiger partial charge in [-0.25, -0.2) is 8.78 Å². The van der Waals surface area contributed by atoms with E-state index in [2.05, 4.69) is 37.2 Å². The van der Waals surface area contributed by atoms with Crippen LogP contribution in [0.5, 0.6) is 0 Å². The van der Waals surface area contributed by atoms with E-state index in [9.17, 15) is 8.78 Å². The molecule has 1 aromatic heterocycles. The van der Waals surface area contributed by atoms with Crippen LogP contribution in [0, 0.1) is 11.6 Å². The summed E-state index contributed by atoms with van der Waals surface area (Å²) in [7, 11) is 0. The van der Waals surface area contributed by atoms with E-state index in [1.165, 1.54) is 6.07 Å². The average molecular weight is 367 g/mol. The molecular formula is C11H7Br2F2NO. The quantitative estimate of drug-likeness (QED) is 0.797. The summed E-state index contributed by atoms with van der Waals surface area (Å²) in [6.07, 6.45) is 0. The van der Waals surface area contributed by atoms with E-state index in [4.69, 9.17) is 4.42 Å². The van der Waals surface area contributed by atoms with Crippen LogP contribution >= 0.6 is 31.9 Å². The second-order valence-corrected chi connectivity index (χ2v) is 4.94. The molecule has 1 heterocycles. The topological polar surface area (TPSA) is 25.2 Å². The van der Waals surface area contributed by atoms with Gasteiger partial charge in [0.2, 0.25) is 0 Å². The maximum Gasteiger partial charge on any atom is 0.169 e. The zero-order valence-electron chi connectivity index (χ0n) is 8.44. The van der Waals surface area contributed by atoms with Gasteiger partial charge < -0.3 is 9.73 Å². The summed E-state index contributed by atoms with van der Waals surface area (Å²) < 4.78 is 32.4. The van der Waals surface area contributed by atoms with Gasteiger partial charge in [0.1, 0.15) is 17.4 Å². The van der Waals surface area contributed by atoms with Crippen LogP contribution in [0.25, 0.3) is 0 Å². The van der Waals surface area contributed by atoms with E-state index in [0.717, 1.165) is 6.07 Å². The maximum atomic E-state index is 13.4. The van der Waals surface area contributed by atoms with Crippen molar-refractivity contribution in [1.29, 1.82) is 0 Å². The van der Waals surface area contributed by atoms with Crippen molar-refractivity contribution >= 4 is 37.5 Å². The Kier molecular flexibility index (Phi) is 3.83. The highest BCUT2D eigenvalue weighted by Gasteiger charge is 2.08. The summed E-state index contributed by atoms with van der Waals surface area (Å²) in [5.74, 6) is -0.623. The molecule has 90 valence electrons. The molecule has 2 aromatic rings. The van der Waals surface area contributed by atoms with Crippen LogP contribution in [0.1, 0.15) is 5.76 Å². The Morgan fingerprint density at radius 1 is 1.12 bits per heavy atom. The van der Waals surface area contributed by atoms with Crippen molar-refractivity contribution in [2.24, 2.45) is 0 Å². The first-order chi connectivity index (χ1) is 8.06. The maximum absolute atomic E-state index is 13.4. The number of halogens is 4. The minimum absolute atomic E-state index is 0.210. The molecule has 0 radical (unpaired) electrons. The largest absolute Gasteiger partial charge is 0.452 e. The normalized spacial score (nSPS) is 10.6. The van der Waals surface area contributed by atoms with Gasteiger partial charge in [0.15, 0.2) is 4.67 Å². The first-order valence-corrected chi connectivity index (χ1v) is 6.27. The molecule has 0 unspecified atom stereocenters. The molecule has 17 heavy (non-hydrogen) atoms. The fourth-order valence-electron chi connectivity index (χ4n) is 1.29. The highest BCUT2D eigenvalue weighted by Crippen LogP contribution is 2.24. The van der Waals surface area contributed by atoms with Crippen LogP contribution in [-0.4, -0.2) is 0 Å². The standard InChI is InChI=1S/C11H7Br2F2NO/c12-7-3-10(9(15)4-8(7)14)16-5-6-1-2-11(13)17-6/h1-4,16H,5H2. The molecule has 0 atom stereocenters. The van der Waals surface area contributed by atoms with Crippen LogP contribution in [0.15, 0.2) is 37.8 Å². The van der Waals surface area contributed by atoms with Crippen molar-refractivity contribution in [2.45, 2.75) is 6.54 Å². The molecule has 1 aromatic carbocycles. The summed E-state index contributed by atoms with van der Waals surface area (Å²) in [6, 6.07) is 5.68. The van der Waals surface area contributed by atoms with Gasteiger partial charge >= 0.3 is 0 Å². The minimum Gasteiger partial charge on any atom is -0.452 e. The van der Waals surface area contributed by atoms with Gasteiger partial charge in [0.25, 0.3) is 0 Å². The zero-order chi connectivity index (χ0) is 12.4. The molecule has 2 rings (SSSR count). The van der Waals surface area contributed by atoms with Gasteiger partial charge in [-0.15, -0.1) is 0 Å². The molecule has 0 saturated carbocycles. The zero-order valence-corrected chi connectivity index (χ0v) is 11.6. The van der Waals surface area contributed by atoms with E-state index in [0.29, 0.717) is 17.0 Å². The van der Waals surface area contributed by atoms with Gasteiger partial charge in [-0.3, -0.25) is 0 Å². The monoisotopic (exact) mass is 365 g/mol. The van der Waals surface area contributed by atoms with Crippen molar-refractivity contribution in [3.05, 3.63) is 50.8 Å². The number of benzene rings is 1. The molecule has 0 aliphatic rings. The third-order valence-corrected chi connectivity index (χ3v) is 3.13. The van der Waals surface area contributed by atoms with E-state index in [1.807, 2.05) is 0 Å². The second-order valence-electron chi connectivity index (χ2n) is 3.31. The molecule has 0 bridgehead atoms. The van der Waals surface area contributed by atoms with Crippen molar-refractivity contribution in [1.82, 2.24) is 0 Å². The lowest BCUT2D eigenvalue weighted by atomic mass is 10.3. The Balaban J connectivity index is 2.11. The van der Waals surface area contributed by atoms with Crippen LogP contribution in [-0.2, 0) is 6.54 Å². The molecule has 0 saturated heterocycles.